The Morgan fingerprint density at radius 1 is 1.24 bits per heavy atom. The van der Waals surface area contributed by atoms with Crippen LogP contribution < -0.4 is 10.2 Å². The minimum atomic E-state index is -0.373. The number of nitriles is 1. The van der Waals surface area contributed by atoms with Gasteiger partial charge in [-0.2, -0.15) is 5.26 Å². The monoisotopic (exact) mass is 481 g/mol. The van der Waals surface area contributed by atoms with Gasteiger partial charge in [0.05, 0.1) is 23.6 Å². The van der Waals surface area contributed by atoms with Crippen LogP contribution in [-0.2, 0) is 9.53 Å². The van der Waals surface area contributed by atoms with Gasteiger partial charge in [-0.15, -0.1) is 0 Å². The van der Waals surface area contributed by atoms with Crippen LogP contribution in [0.15, 0.2) is 42.6 Å². The number of hydrogen-bond donors (Lipinski definition) is 1. The molecule has 0 saturated carbocycles. The van der Waals surface area contributed by atoms with Crippen molar-refractivity contribution in [2.45, 2.75) is 12.8 Å². The van der Waals surface area contributed by atoms with Crippen molar-refractivity contribution in [3.8, 4) is 17.3 Å². The molecule has 168 valence electrons. The second kappa shape index (κ2) is 9.98. The summed E-state index contributed by atoms with van der Waals surface area (Å²) in [5.41, 5.74) is 1.44. The molecule has 0 aliphatic carbocycles. The Morgan fingerprint density at radius 2 is 2.00 bits per heavy atom. The smallest absolute Gasteiger partial charge is 0.308 e. The lowest BCUT2D eigenvalue weighted by molar-refractivity contribution is -0.146. The molecule has 1 aliphatic rings. The fourth-order valence-corrected chi connectivity index (χ4v) is 4.67. The van der Waals surface area contributed by atoms with Gasteiger partial charge in [-0.05, 0) is 31.0 Å². The quantitative estimate of drug-likeness (QED) is 0.539. The fourth-order valence-electron chi connectivity index (χ4n) is 3.67. The highest BCUT2D eigenvalue weighted by molar-refractivity contribution is 7.16. The number of pyridine rings is 1. The Balaban J connectivity index is 1.43. The maximum Gasteiger partial charge on any atom is 0.308 e. The number of halogens is 1. The number of esters is 1. The van der Waals surface area contributed by atoms with Crippen LogP contribution in [0.3, 0.4) is 0 Å². The number of carbonyl (C=O) groups is 2. The van der Waals surface area contributed by atoms with E-state index in [0.717, 1.165) is 17.2 Å². The van der Waals surface area contributed by atoms with Crippen LogP contribution in [-0.4, -0.2) is 42.0 Å². The van der Waals surface area contributed by atoms with E-state index in [1.54, 1.807) is 30.3 Å². The van der Waals surface area contributed by atoms with Crippen molar-refractivity contribution in [2.75, 3.05) is 30.4 Å². The molecule has 10 heteroatoms. The molecule has 33 heavy (non-hydrogen) atoms. The minimum absolute atomic E-state index is 0.0800. The number of hydrogen-bond acceptors (Lipinski definition) is 8. The molecular weight excluding hydrogens is 462 g/mol. The summed E-state index contributed by atoms with van der Waals surface area (Å²) in [6.45, 7) is 1.39. The minimum Gasteiger partial charge on any atom is -0.469 e. The third kappa shape index (κ3) is 4.97. The molecule has 3 aromatic rings. The largest absolute Gasteiger partial charge is 0.469 e. The van der Waals surface area contributed by atoms with E-state index in [1.807, 2.05) is 6.07 Å². The number of nitrogens with one attached hydrogen (secondary N) is 1. The molecule has 3 heterocycles. The molecule has 1 N–H and O–H groups in total. The van der Waals surface area contributed by atoms with Crippen molar-refractivity contribution in [3.05, 3.63) is 58.1 Å². The standard InChI is InChI=1S/C23H20ClN5O3S/c1-32-22(31)14-8-10-29(11-9-14)19-7-6-15(13-26-19)21(30)28-23-27-20(18(12-25)33-23)16-4-2-3-5-17(16)24/h2-7,13-14H,8-11H2,1H3,(H,27,28,30). The lowest BCUT2D eigenvalue weighted by Crippen LogP contribution is -2.37. The van der Waals surface area contributed by atoms with E-state index in [4.69, 9.17) is 16.3 Å². The molecule has 1 fully saturated rings. The van der Waals surface area contributed by atoms with Crippen LogP contribution in [0.1, 0.15) is 28.1 Å². The lowest BCUT2D eigenvalue weighted by atomic mass is 9.97. The Labute approximate surface area is 199 Å². The van der Waals surface area contributed by atoms with Crippen molar-refractivity contribution in [1.82, 2.24) is 9.97 Å². The normalized spacial score (nSPS) is 13.9. The average Bonchev–Trinajstić information content (AvgIpc) is 3.26. The first-order valence-electron chi connectivity index (χ1n) is 10.3. The molecule has 0 radical (unpaired) electrons. The summed E-state index contributed by atoms with van der Waals surface area (Å²) in [7, 11) is 1.41. The predicted octanol–water partition coefficient (Wildman–Crippen LogP) is 4.37. The average molecular weight is 482 g/mol. The molecular formula is C23H20ClN5O3S. The Kier molecular flexibility index (Phi) is 6.87. The highest BCUT2D eigenvalue weighted by atomic mass is 35.5. The van der Waals surface area contributed by atoms with Crippen LogP contribution in [0.25, 0.3) is 11.3 Å². The number of ether oxygens (including phenoxy) is 1. The molecule has 4 rings (SSSR count). The second-order valence-electron chi connectivity index (χ2n) is 7.43. The zero-order valence-corrected chi connectivity index (χ0v) is 19.3. The Morgan fingerprint density at radius 3 is 2.64 bits per heavy atom. The number of benzene rings is 1. The summed E-state index contributed by atoms with van der Waals surface area (Å²) in [5.74, 6) is 0.122. The van der Waals surface area contributed by atoms with E-state index in [1.165, 1.54) is 13.3 Å². The van der Waals surface area contributed by atoms with Crippen molar-refractivity contribution in [2.24, 2.45) is 5.92 Å². The first-order valence-corrected chi connectivity index (χ1v) is 11.5. The second-order valence-corrected chi connectivity index (χ2v) is 8.84. The van der Waals surface area contributed by atoms with Crippen molar-refractivity contribution in [1.29, 1.82) is 5.26 Å². The highest BCUT2D eigenvalue weighted by Crippen LogP contribution is 2.34. The van der Waals surface area contributed by atoms with E-state index in [0.29, 0.717) is 57.8 Å². The van der Waals surface area contributed by atoms with Gasteiger partial charge in [-0.25, -0.2) is 9.97 Å². The summed E-state index contributed by atoms with van der Waals surface area (Å²) < 4.78 is 4.82. The maximum absolute atomic E-state index is 12.7. The van der Waals surface area contributed by atoms with Gasteiger partial charge in [0, 0.05) is 24.8 Å². The molecule has 1 aliphatic heterocycles. The third-order valence-corrected chi connectivity index (χ3v) is 6.65. The number of rotatable bonds is 5. The lowest BCUT2D eigenvalue weighted by Gasteiger charge is -2.31. The number of aromatic nitrogens is 2. The van der Waals surface area contributed by atoms with E-state index in [9.17, 15) is 14.9 Å². The summed E-state index contributed by atoms with van der Waals surface area (Å²) in [4.78, 5) is 35.7. The molecule has 1 amide bonds. The number of piperidine rings is 1. The van der Waals surface area contributed by atoms with E-state index < -0.39 is 0 Å². The van der Waals surface area contributed by atoms with Crippen molar-refractivity contribution >= 4 is 45.8 Å². The molecule has 2 aromatic heterocycles. The third-order valence-electron chi connectivity index (χ3n) is 5.44. The molecule has 0 atom stereocenters. The number of carbonyl (C=O) groups excluding carboxylic acids is 2. The number of nitrogens with zero attached hydrogens (tertiary/aromatic N) is 4. The summed E-state index contributed by atoms with van der Waals surface area (Å²) >= 11 is 7.33. The van der Waals surface area contributed by atoms with Crippen molar-refractivity contribution in [3.63, 3.8) is 0 Å². The van der Waals surface area contributed by atoms with Gasteiger partial charge in [0.25, 0.3) is 5.91 Å². The Hall–Kier alpha value is -3.48. The van der Waals surface area contributed by atoms with Crippen LogP contribution in [0.2, 0.25) is 5.02 Å². The Bertz CT molecular complexity index is 1210. The fraction of sp³-hybridized carbons (Fsp3) is 0.261. The zero-order chi connectivity index (χ0) is 23.4. The van der Waals surface area contributed by atoms with Gasteiger partial charge >= 0.3 is 5.97 Å². The number of methoxy groups -OCH3 is 1. The highest BCUT2D eigenvalue weighted by Gasteiger charge is 2.26. The van der Waals surface area contributed by atoms with Crippen LogP contribution in [0.4, 0.5) is 10.9 Å². The van der Waals surface area contributed by atoms with E-state index in [2.05, 4.69) is 26.3 Å². The van der Waals surface area contributed by atoms with E-state index in [-0.39, 0.29) is 17.8 Å². The molecule has 0 bridgehead atoms. The molecule has 1 saturated heterocycles. The molecule has 8 nitrogen and oxygen atoms in total. The summed E-state index contributed by atoms with van der Waals surface area (Å²) in [6.07, 6.45) is 2.91. The number of amides is 1. The number of anilines is 2. The van der Waals surface area contributed by atoms with Crippen LogP contribution in [0, 0.1) is 17.2 Å². The van der Waals surface area contributed by atoms with Gasteiger partial charge in [0.15, 0.2) is 5.13 Å². The molecule has 1 aromatic carbocycles. The van der Waals surface area contributed by atoms with E-state index >= 15 is 0 Å². The van der Waals surface area contributed by atoms with Crippen LogP contribution >= 0.6 is 22.9 Å². The van der Waals surface area contributed by atoms with Crippen LogP contribution in [0.5, 0.6) is 0 Å². The van der Waals surface area contributed by atoms with Gasteiger partial charge in [-0.1, -0.05) is 41.1 Å². The first kappa shape index (κ1) is 22.7. The van der Waals surface area contributed by atoms with Gasteiger partial charge in [0.2, 0.25) is 0 Å². The van der Waals surface area contributed by atoms with Gasteiger partial charge in [0.1, 0.15) is 22.5 Å². The molecule has 0 unspecified atom stereocenters. The zero-order valence-electron chi connectivity index (χ0n) is 17.7. The van der Waals surface area contributed by atoms with Gasteiger partial charge in [-0.3, -0.25) is 14.9 Å². The molecule has 0 spiro atoms. The first-order chi connectivity index (χ1) is 16.0. The van der Waals surface area contributed by atoms with Crippen molar-refractivity contribution < 1.29 is 14.3 Å². The maximum atomic E-state index is 12.7. The number of thiazole rings is 1. The van der Waals surface area contributed by atoms with Gasteiger partial charge < -0.3 is 9.64 Å². The topological polar surface area (TPSA) is 108 Å². The summed E-state index contributed by atoms with van der Waals surface area (Å²) in [6, 6.07) is 12.7. The SMILES string of the molecule is COC(=O)C1CCN(c2ccc(C(=O)Nc3nc(-c4ccccc4Cl)c(C#N)s3)cn2)CC1. The predicted molar refractivity (Wildman–Crippen MR) is 126 cm³/mol. The summed E-state index contributed by atoms with van der Waals surface area (Å²) in [5, 5.41) is 13.0.